The third-order valence-corrected chi connectivity index (χ3v) is 7.50. The molecule has 2 aliphatic carbocycles. The number of ketones is 1. The van der Waals surface area contributed by atoms with E-state index in [1.54, 1.807) is 12.0 Å². The second-order valence-electron chi connectivity index (χ2n) is 9.46. The molecule has 1 saturated heterocycles. The first-order chi connectivity index (χ1) is 16.1. The number of methoxy groups -OCH3 is 1. The number of rotatable bonds is 4. The highest BCUT2D eigenvalue weighted by atomic mass is 16.5. The van der Waals surface area contributed by atoms with Gasteiger partial charge in [-0.1, -0.05) is 43.5 Å². The number of carbonyl (C=O) groups excluding carboxylic acids is 2. The van der Waals surface area contributed by atoms with Gasteiger partial charge in [0.15, 0.2) is 0 Å². The van der Waals surface area contributed by atoms with Crippen molar-refractivity contribution < 1.29 is 19.4 Å². The van der Waals surface area contributed by atoms with Crippen molar-refractivity contribution in [3.05, 3.63) is 70.3 Å². The van der Waals surface area contributed by atoms with Crippen LogP contribution >= 0.6 is 0 Å². The third-order valence-electron chi connectivity index (χ3n) is 7.50. The number of benzene rings is 2. The van der Waals surface area contributed by atoms with Gasteiger partial charge in [0.2, 0.25) is 0 Å². The maximum Gasteiger partial charge on any atom is 0.295 e. The molecule has 33 heavy (non-hydrogen) atoms. The number of fused-ring (bicyclic) bond motifs is 1. The number of hydrogen-bond acceptors (Lipinski definition) is 4. The molecule has 2 aromatic rings. The van der Waals surface area contributed by atoms with E-state index in [0.717, 1.165) is 56.9 Å². The van der Waals surface area contributed by atoms with Gasteiger partial charge in [0.1, 0.15) is 11.5 Å². The Bertz CT molecular complexity index is 1100. The lowest BCUT2D eigenvalue weighted by atomic mass is 9.88. The maximum atomic E-state index is 13.3. The second kappa shape index (κ2) is 9.05. The monoisotopic (exact) mass is 445 g/mol. The average Bonchev–Trinajstić information content (AvgIpc) is 3.14. The Morgan fingerprint density at radius 2 is 1.61 bits per heavy atom. The highest BCUT2D eigenvalue weighted by Gasteiger charge is 2.48. The van der Waals surface area contributed by atoms with Crippen LogP contribution in [0.4, 0.5) is 0 Å². The predicted octanol–water partition coefficient (Wildman–Crippen LogP) is 5.33. The molecule has 5 heteroatoms. The highest BCUT2D eigenvalue weighted by Crippen LogP contribution is 2.43. The van der Waals surface area contributed by atoms with E-state index >= 15 is 0 Å². The normalized spacial score (nSPS) is 22.9. The lowest BCUT2D eigenvalue weighted by Gasteiger charge is -2.35. The van der Waals surface area contributed by atoms with Gasteiger partial charge in [0.05, 0.1) is 18.7 Å². The molecule has 1 atom stereocenters. The standard InChI is InChI=1S/C28H31NO4/c1-33-23-15-13-19(14-16-23)25-24(27(31)28(32)29(25)22-9-3-2-4-10-22)26(30)21-12-11-18-7-5-6-8-20(18)17-21/h11-17,22,25,30H,2-10H2,1H3/b26-24-. The molecule has 3 aliphatic rings. The molecule has 1 saturated carbocycles. The molecular weight excluding hydrogens is 414 g/mol. The zero-order valence-electron chi connectivity index (χ0n) is 19.2. The number of aliphatic hydroxyl groups is 1. The fourth-order valence-corrected chi connectivity index (χ4v) is 5.74. The van der Waals surface area contributed by atoms with Crippen molar-refractivity contribution in [1.29, 1.82) is 0 Å². The quantitative estimate of drug-likeness (QED) is 0.392. The van der Waals surface area contributed by atoms with Crippen molar-refractivity contribution in [1.82, 2.24) is 4.90 Å². The van der Waals surface area contributed by atoms with Crippen LogP contribution in [-0.4, -0.2) is 34.8 Å². The van der Waals surface area contributed by atoms with Crippen LogP contribution in [0.1, 0.15) is 73.2 Å². The summed E-state index contributed by atoms with van der Waals surface area (Å²) in [4.78, 5) is 28.4. The van der Waals surface area contributed by atoms with Crippen molar-refractivity contribution in [2.45, 2.75) is 69.9 Å². The van der Waals surface area contributed by atoms with Crippen molar-refractivity contribution in [2.24, 2.45) is 0 Å². The maximum absolute atomic E-state index is 13.3. The molecule has 0 spiro atoms. The Balaban J connectivity index is 1.62. The van der Waals surface area contributed by atoms with E-state index in [1.165, 1.54) is 17.5 Å². The van der Waals surface area contributed by atoms with Gasteiger partial charge in [0.25, 0.3) is 11.7 Å². The molecule has 1 amide bonds. The van der Waals surface area contributed by atoms with Crippen molar-refractivity contribution in [3.63, 3.8) is 0 Å². The molecule has 0 radical (unpaired) electrons. The molecule has 1 aliphatic heterocycles. The molecule has 2 fully saturated rings. The van der Waals surface area contributed by atoms with Crippen LogP contribution in [0.2, 0.25) is 0 Å². The fourth-order valence-electron chi connectivity index (χ4n) is 5.74. The molecule has 1 heterocycles. The highest BCUT2D eigenvalue weighted by molar-refractivity contribution is 6.46. The zero-order chi connectivity index (χ0) is 22.9. The second-order valence-corrected chi connectivity index (χ2v) is 9.46. The van der Waals surface area contributed by atoms with Crippen molar-refractivity contribution in [3.8, 4) is 5.75 Å². The van der Waals surface area contributed by atoms with E-state index in [-0.39, 0.29) is 17.4 Å². The lowest BCUT2D eigenvalue weighted by molar-refractivity contribution is -0.141. The Morgan fingerprint density at radius 3 is 2.30 bits per heavy atom. The van der Waals surface area contributed by atoms with Crippen LogP contribution in [0.5, 0.6) is 5.75 Å². The number of amides is 1. The first-order valence-corrected chi connectivity index (χ1v) is 12.1. The minimum Gasteiger partial charge on any atom is -0.507 e. The smallest absolute Gasteiger partial charge is 0.295 e. The van der Waals surface area contributed by atoms with Gasteiger partial charge >= 0.3 is 0 Å². The SMILES string of the molecule is COc1ccc(C2/C(=C(/O)c3ccc4c(c3)CCCC4)C(=O)C(=O)N2C2CCCCC2)cc1. The Kier molecular flexibility index (Phi) is 5.96. The summed E-state index contributed by atoms with van der Waals surface area (Å²) < 4.78 is 5.30. The number of ether oxygens (including phenoxy) is 1. The van der Waals surface area contributed by atoms with Crippen molar-refractivity contribution >= 4 is 17.4 Å². The molecule has 1 N–H and O–H groups in total. The third kappa shape index (κ3) is 3.94. The summed E-state index contributed by atoms with van der Waals surface area (Å²) in [7, 11) is 1.61. The molecule has 0 aromatic heterocycles. The van der Waals surface area contributed by atoms with E-state index in [0.29, 0.717) is 11.3 Å². The van der Waals surface area contributed by atoms with Gasteiger partial charge in [0, 0.05) is 11.6 Å². The molecule has 2 aromatic carbocycles. The Morgan fingerprint density at radius 1 is 0.909 bits per heavy atom. The number of aryl methyl sites for hydroxylation is 2. The first kappa shape index (κ1) is 21.7. The van der Waals surface area contributed by atoms with Crippen molar-refractivity contribution in [2.75, 3.05) is 7.11 Å². The summed E-state index contributed by atoms with van der Waals surface area (Å²) in [5.41, 5.74) is 4.18. The van der Waals surface area contributed by atoms with Gasteiger partial charge in [-0.3, -0.25) is 9.59 Å². The molecular formula is C28H31NO4. The van der Waals surface area contributed by atoms with Gasteiger partial charge in [-0.15, -0.1) is 0 Å². The Hall–Kier alpha value is -3.08. The fraction of sp³-hybridized carbons (Fsp3) is 0.429. The van der Waals surface area contributed by atoms with Gasteiger partial charge in [-0.25, -0.2) is 0 Å². The Labute approximate surface area is 195 Å². The van der Waals surface area contributed by atoms with E-state index in [4.69, 9.17) is 4.74 Å². The number of Topliss-reactive ketones (excluding diaryl/α,β-unsaturated/α-hetero) is 1. The molecule has 5 nitrogen and oxygen atoms in total. The predicted molar refractivity (Wildman–Crippen MR) is 127 cm³/mol. The van der Waals surface area contributed by atoms with Gasteiger partial charge in [-0.05, 0) is 73.4 Å². The van der Waals surface area contributed by atoms with Crippen LogP contribution < -0.4 is 4.74 Å². The summed E-state index contributed by atoms with van der Waals surface area (Å²) in [6, 6.07) is 12.8. The number of likely N-dealkylation sites (tertiary alicyclic amines) is 1. The minimum absolute atomic E-state index is 0.0103. The van der Waals surface area contributed by atoms with Crippen LogP contribution in [0, 0.1) is 0 Å². The van der Waals surface area contributed by atoms with Gasteiger partial charge in [-0.2, -0.15) is 0 Å². The molecule has 0 bridgehead atoms. The number of carbonyl (C=O) groups is 2. The van der Waals surface area contributed by atoms with Crippen LogP contribution in [0.25, 0.3) is 5.76 Å². The molecule has 172 valence electrons. The van der Waals surface area contributed by atoms with Crippen LogP contribution in [0.15, 0.2) is 48.0 Å². The van der Waals surface area contributed by atoms with Gasteiger partial charge < -0.3 is 14.7 Å². The lowest BCUT2D eigenvalue weighted by Crippen LogP contribution is -2.40. The summed E-state index contributed by atoms with van der Waals surface area (Å²) in [6.45, 7) is 0. The average molecular weight is 446 g/mol. The van der Waals surface area contributed by atoms with E-state index in [2.05, 4.69) is 6.07 Å². The summed E-state index contributed by atoms with van der Waals surface area (Å²) in [5, 5.41) is 11.4. The largest absolute Gasteiger partial charge is 0.507 e. The first-order valence-electron chi connectivity index (χ1n) is 12.1. The summed E-state index contributed by atoms with van der Waals surface area (Å²) >= 11 is 0. The minimum atomic E-state index is -0.588. The molecule has 5 rings (SSSR count). The zero-order valence-corrected chi connectivity index (χ0v) is 19.2. The topological polar surface area (TPSA) is 66.8 Å². The van der Waals surface area contributed by atoms with Crippen LogP contribution in [-0.2, 0) is 22.4 Å². The number of aliphatic hydroxyl groups excluding tert-OH is 1. The number of nitrogens with zero attached hydrogens (tertiary/aromatic N) is 1. The van der Waals surface area contributed by atoms with E-state index in [1.807, 2.05) is 36.4 Å². The van der Waals surface area contributed by atoms with Crippen LogP contribution in [0.3, 0.4) is 0 Å². The summed E-state index contributed by atoms with van der Waals surface area (Å²) in [6.07, 6.45) is 9.38. The number of hydrogen-bond donors (Lipinski definition) is 1. The summed E-state index contributed by atoms with van der Waals surface area (Å²) in [5.74, 6) is -0.442. The van der Waals surface area contributed by atoms with E-state index < -0.39 is 17.7 Å². The van der Waals surface area contributed by atoms with E-state index in [9.17, 15) is 14.7 Å². The molecule has 1 unspecified atom stereocenters.